The van der Waals surface area contributed by atoms with Crippen LogP contribution < -0.4 is 20.1 Å². The molecule has 2 aromatic rings. The van der Waals surface area contributed by atoms with Gasteiger partial charge >= 0.3 is 5.97 Å². The number of carbonyl (C=O) groups excluding carboxylic acids is 3. The van der Waals surface area contributed by atoms with Crippen LogP contribution in [0.4, 0.5) is 11.4 Å². The molecular formula is C22H26N2O6. The van der Waals surface area contributed by atoms with Gasteiger partial charge in [-0.15, -0.1) is 0 Å². The van der Waals surface area contributed by atoms with Crippen LogP contribution in [0.25, 0.3) is 0 Å². The van der Waals surface area contributed by atoms with Crippen LogP contribution in [-0.2, 0) is 14.3 Å². The number of anilines is 2. The molecular weight excluding hydrogens is 388 g/mol. The average molecular weight is 414 g/mol. The van der Waals surface area contributed by atoms with Gasteiger partial charge in [0.05, 0.1) is 19.8 Å². The van der Waals surface area contributed by atoms with Gasteiger partial charge < -0.3 is 24.8 Å². The number of nitrogens with one attached hydrogen (secondary N) is 2. The van der Waals surface area contributed by atoms with Gasteiger partial charge in [-0.25, -0.2) is 4.79 Å². The van der Waals surface area contributed by atoms with Crippen LogP contribution in [0.5, 0.6) is 11.5 Å². The lowest BCUT2D eigenvalue weighted by molar-refractivity contribution is -0.123. The van der Waals surface area contributed by atoms with Crippen molar-refractivity contribution in [1.82, 2.24) is 0 Å². The number of amides is 2. The Morgan fingerprint density at radius 2 is 1.50 bits per heavy atom. The predicted molar refractivity (Wildman–Crippen MR) is 113 cm³/mol. The molecule has 0 atom stereocenters. The van der Waals surface area contributed by atoms with Gasteiger partial charge in [0, 0.05) is 35.0 Å². The van der Waals surface area contributed by atoms with Crippen molar-refractivity contribution in [3.63, 3.8) is 0 Å². The van der Waals surface area contributed by atoms with Gasteiger partial charge in [-0.3, -0.25) is 9.59 Å². The molecule has 0 aliphatic heterocycles. The second-order valence-corrected chi connectivity index (χ2v) is 7.51. The minimum Gasteiger partial charge on any atom is -0.497 e. The molecule has 0 aromatic heterocycles. The summed E-state index contributed by atoms with van der Waals surface area (Å²) in [6.07, 6.45) is 0. The van der Waals surface area contributed by atoms with Crippen LogP contribution in [0, 0.1) is 5.41 Å². The number of hydrogen-bond acceptors (Lipinski definition) is 6. The van der Waals surface area contributed by atoms with Crippen molar-refractivity contribution in [1.29, 1.82) is 0 Å². The second-order valence-electron chi connectivity index (χ2n) is 7.51. The molecule has 0 aliphatic rings. The summed E-state index contributed by atoms with van der Waals surface area (Å²) in [6.45, 7) is 4.89. The van der Waals surface area contributed by atoms with E-state index in [0.29, 0.717) is 22.9 Å². The summed E-state index contributed by atoms with van der Waals surface area (Å²) in [5.41, 5.74) is 0.561. The van der Waals surface area contributed by atoms with E-state index in [4.69, 9.17) is 14.2 Å². The van der Waals surface area contributed by atoms with E-state index in [1.807, 2.05) is 0 Å². The lowest BCUT2D eigenvalue weighted by Crippen LogP contribution is -2.27. The van der Waals surface area contributed by atoms with Crippen LogP contribution in [-0.4, -0.2) is 38.6 Å². The molecule has 0 fully saturated rings. The minimum absolute atomic E-state index is 0.180. The summed E-state index contributed by atoms with van der Waals surface area (Å²) >= 11 is 0. The Bertz CT molecular complexity index is 911. The fourth-order valence-electron chi connectivity index (χ4n) is 2.33. The van der Waals surface area contributed by atoms with Crippen LogP contribution in [0.15, 0.2) is 42.5 Å². The summed E-state index contributed by atoms with van der Waals surface area (Å²) < 4.78 is 15.4. The van der Waals surface area contributed by atoms with Crippen molar-refractivity contribution in [3.8, 4) is 11.5 Å². The normalized spacial score (nSPS) is 10.7. The highest BCUT2D eigenvalue weighted by molar-refractivity contribution is 5.98. The zero-order valence-electron chi connectivity index (χ0n) is 17.7. The molecule has 2 rings (SSSR count). The standard InChI is InChI=1S/C22H26N2O6/c1-22(2,3)21(27)24-15-8-6-7-14(9-15)20(26)30-13-19(25)23-16-10-17(28-4)12-18(11-16)29-5/h6-12H,13H2,1-5H3,(H,23,25)(H,24,27). The maximum Gasteiger partial charge on any atom is 0.338 e. The second kappa shape index (κ2) is 9.78. The predicted octanol–water partition coefficient (Wildman–Crippen LogP) is 3.48. The first kappa shape index (κ1) is 22.7. The van der Waals surface area contributed by atoms with Crippen molar-refractivity contribution in [2.75, 3.05) is 31.5 Å². The van der Waals surface area contributed by atoms with E-state index in [1.165, 1.54) is 20.3 Å². The van der Waals surface area contributed by atoms with E-state index in [2.05, 4.69) is 10.6 Å². The Morgan fingerprint density at radius 3 is 2.07 bits per heavy atom. The number of hydrogen-bond donors (Lipinski definition) is 2. The van der Waals surface area contributed by atoms with Gasteiger partial charge in [-0.2, -0.15) is 0 Å². The Balaban J connectivity index is 1.96. The summed E-state index contributed by atoms with van der Waals surface area (Å²) in [6, 6.07) is 11.2. The third kappa shape index (κ3) is 6.51. The minimum atomic E-state index is -0.680. The third-order valence-corrected chi connectivity index (χ3v) is 4.01. The van der Waals surface area contributed by atoms with Gasteiger partial charge in [-0.1, -0.05) is 26.8 Å². The number of ether oxygens (including phenoxy) is 3. The van der Waals surface area contributed by atoms with Gasteiger partial charge in [0.2, 0.25) is 5.91 Å². The molecule has 30 heavy (non-hydrogen) atoms. The Hall–Kier alpha value is -3.55. The molecule has 0 bridgehead atoms. The van der Waals surface area contributed by atoms with Gasteiger partial charge in [0.25, 0.3) is 5.91 Å². The number of rotatable bonds is 7. The summed E-state index contributed by atoms with van der Waals surface area (Å²) in [4.78, 5) is 36.5. The molecule has 0 unspecified atom stereocenters. The van der Waals surface area contributed by atoms with Gasteiger partial charge in [0.1, 0.15) is 11.5 Å². The Labute approximate surface area is 175 Å². The van der Waals surface area contributed by atoms with E-state index in [9.17, 15) is 14.4 Å². The van der Waals surface area contributed by atoms with Crippen LogP contribution in [0.2, 0.25) is 0 Å². The molecule has 0 saturated carbocycles. The first-order valence-electron chi connectivity index (χ1n) is 9.24. The molecule has 2 aromatic carbocycles. The zero-order chi connectivity index (χ0) is 22.3. The maximum absolute atomic E-state index is 12.3. The van der Waals surface area contributed by atoms with Crippen LogP contribution in [0.3, 0.4) is 0 Å². The maximum atomic E-state index is 12.3. The summed E-state index contributed by atoms with van der Waals surface area (Å²) in [5, 5.41) is 5.37. The average Bonchev–Trinajstić information content (AvgIpc) is 2.71. The van der Waals surface area contributed by atoms with Crippen molar-refractivity contribution in [2.45, 2.75) is 20.8 Å². The molecule has 8 nitrogen and oxygen atoms in total. The Morgan fingerprint density at radius 1 is 0.867 bits per heavy atom. The Kier molecular flexibility index (Phi) is 7.41. The molecule has 2 amide bonds. The lowest BCUT2D eigenvalue weighted by atomic mass is 9.95. The summed E-state index contributed by atoms with van der Waals surface area (Å²) in [7, 11) is 3.00. The molecule has 0 spiro atoms. The fraction of sp³-hybridized carbons (Fsp3) is 0.318. The highest BCUT2D eigenvalue weighted by Crippen LogP contribution is 2.25. The number of carbonyl (C=O) groups is 3. The molecule has 0 aliphatic carbocycles. The highest BCUT2D eigenvalue weighted by Gasteiger charge is 2.21. The van der Waals surface area contributed by atoms with E-state index in [-0.39, 0.29) is 11.5 Å². The van der Waals surface area contributed by atoms with Crippen molar-refractivity contribution in [2.24, 2.45) is 5.41 Å². The third-order valence-electron chi connectivity index (χ3n) is 4.01. The first-order chi connectivity index (χ1) is 14.1. The number of benzene rings is 2. The molecule has 160 valence electrons. The van der Waals surface area contributed by atoms with Crippen LogP contribution >= 0.6 is 0 Å². The molecule has 0 radical (unpaired) electrons. The quantitative estimate of drug-likeness (QED) is 0.673. The molecule has 0 heterocycles. The SMILES string of the molecule is COc1cc(NC(=O)COC(=O)c2cccc(NC(=O)C(C)(C)C)c2)cc(OC)c1. The smallest absolute Gasteiger partial charge is 0.338 e. The molecule has 0 saturated heterocycles. The fourth-order valence-corrected chi connectivity index (χ4v) is 2.33. The van der Waals surface area contributed by atoms with Crippen LogP contribution in [0.1, 0.15) is 31.1 Å². The van der Waals surface area contributed by atoms with E-state index < -0.39 is 23.9 Å². The van der Waals surface area contributed by atoms with E-state index in [0.717, 1.165) is 0 Å². The lowest BCUT2D eigenvalue weighted by Gasteiger charge is -2.17. The highest BCUT2D eigenvalue weighted by atomic mass is 16.5. The van der Waals surface area contributed by atoms with Crippen molar-refractivity contribution in [3.05, 3.63) is 48.0 Å². The van der Waals surface area contributed by atoms with Crippen molar-refractivity contribution >= 4 is 29.2 Å². The molecule has 2 N–H and O–H groups in total. The monoisotopic (exact) mass is 414 g/mol. The van der Waals surface area contributed by atoms with Gasteiger partial charge in [-0.05, 0) is 18.2 Å². The van der Waals surface area contributed by atoms with Gasteiger partial charge in [0.15, 0.2) is 6.61 Å². The van der Waals surface area contributed by atoms with E-state index in [1.54, 1.807) is 57.2 Å². The zero-order valence-corrected chi connectivity index (χ0v) is 17.7. The largest absolute Gasteiger partial charge is 0.497 e. The first-order valence-corrected chi connectivity index (χ1v) is 9.24. The topological polar surface area (TPSA) is 103 Å². The molecule has 8 heteroatoms. The van der Waals surface area contributed by atoms with E-state index >= 15 is 0 Å². The summed E-state index contributed by atoms with van der Waals surface area (Å²) in [5.74, 6) is -0.358. The van der Waals surface area contributed by atoms with Crippen molar-refractivity contribution < 1.29 is 28.6 Å². The number of esters is 1. The number of methoxy groups -OCH3 is 2.